The number of anilines is 1. The minimum absolute atomic E-state index is 0.165. The van der Waals surface area contributed by atoms with Crippen molar-refractivity contribution in [3.05, 3.63) is 59.7 Å². The number of fused-ring (bicyclic) bond motifs is 1. The van der Waals surface area contributed by atoms with Crippen LogP contribution in [0.25, 0.3) is 6.08 Å². The van der Waals surface area contributed by atoms with Gasteiger partial charge in [-0.05, 0) is 47.9 Å². The maximum Gasteiger partial charge on any atom is 0.248 e. The molecule has 22 heavy (non-hydrogen) atoms. The van der Waals surface area contributed by atoms with Gasteiger partial charge in [-0.2, -0.15) is 0 Å². The molecule has 0 spiro atoms. The molecule has 1 aliphatic heterocycles. The Morgan fingerprint density at radius 1 is 1.14 bits per heavy atom. The number of benzene rings is 2. The third-order valence-electron chi connectivity index (χ3n) is 3.45. The third kappa shape index (κ3) is 3.28. The highest BCUT2D eigenvalue weighted by Crippen LogP contribution is 2.32. The number of hydrogen-bond acceptors (Lipinski definition) is 3. The zero-order valence-corrected chi connectivity index (χ0v) is 12.3. The van der Waals surface area contributed by atoms with E-state index in [0.29, 0.717) is 5.75 Å². The average Bonchev–Trinajstić information content (AvgIpc) is 3.01. The lowest BCUT2D eigenvalue weighted by molar-refractivity contribution is -0.111. The summed E-state index contributed by atoms with van der Waals surface area (Å²) in [5.41, 5.74) is 2.92. The molecule has 0 bridgehead atoms. The lowest BCUT2D eigenvalue weighted by Crippen LogP contribution is -2.07. The summed E-state index contributed by atoms with van der Waals surface area (Å²) in [7, 11) is 0. The van der Waals surface area contributed by atoms with Crippen molar-refractivity contribution in [2.24, 2.45) is 0 Å². The van der Waals surface area contributed by atoms with E-state index in [-0.39, 0.29) is 12.7 Å². The van der Waals surface area contributed by atoms with E-state index in [1.807, 2.05) is 42.5 Å². The highest BCUT2D eigenvalue weighted by atomic mass is 16.7. The van der Waals surface area contributed by atoms with E-state index < -0.39 is 0 Å². The Bertz CT molecular complexity index is 705. The molecular formula is C18H17NO3. The van der Waals surface area contributed by atoms with Crippen LogP contribution in [-0.4, -0.2) is 12.7 Å². The molecule has 0 saturated heterocycles. The predicted octanol–water partition coefficient (Wildman–Crippen LogP) is 3.63. The van der Waals surface area contributed by atoms with Crippen LogP contribution < -0.4 is 14.8 Å². The molecule has 1 heterocycles. The standard InChI is InChI=1S/C18H17NO3/c1-2-13-3-7-15(8-4-13)19-18(20)10-6-14-5-9-16-17(11-14)22-12-21-16/h3-11H,2,12H2,1H3,(H,19,20)/b10-6+. The summed E-state index contributed by atoms with van der Waals surface area (Å²) in [4.78, 5) is 11.9. The Balaban J connectivity index is 1.63. The van der Waals surface area contributed by atoms with E-state index >= 15 is 0 Å². The van der Waals surface area contributed by atoms with E-state index in [0.717, 1.165) is 23.4 Å². The first-order valence-corrected chi connectivity index (χ1v) is 7.22. The van der Waals surface area contributed by atoms with Crippen LogP contribution >= 0.6 is 0 Å². The molecule has 0 atom stereocenters. The first-order valence-electron chi connectivity index (χ1n) is 7.22. The molecule has 2 aromatic carbocycles. The summed E-state index contributed by atoms with van der Waals surface area (Å²) in [6.07, 6.45) is 4.24. The van der Waals surface area contributed by atoms with Crippen LogP contribution in [0.1, 0.15) is 18.1 Å². The fourth-order valence-corrected chi connectivity index (χ4v) is 2.20. The Labute approximate surface area is 129 Å². The van der Waals surface area contributed by atoms with Gasteiger partial charge in [-0.1, -0.05) is 25.1 Å². The smallest absolute Gasteiger partial charge is 0.248 e. The molecule has 0 aliphatic carbocycles. The highest BCUT2D eigenvalue weighted by Gasteiger charge is 2.12. The topological polar surface area (TPSA) is 47.6 Å². The van der Waals surface area contributed by atoms with Crippen LogP contribution in [0.5, 0.6) is 11.5 Å². The molecule has 4 heteroatoms. The average molecular weight is 295 g/mol. The quantitative estimate of drug-likeness (QED) is 0.876. The predicted molar refractivity (Wildman–Crippen MR) is 86.0 cm³/mol. The first-order chi connectivity index (χ1) is 10.7. The number of carbonyl (C=O) groups is 1. The lowest BCUT2D eigenvalue weighted by atomic mass is 10.1. The second kappa shape index (κ2) is 6.35. The molecule has 1 N–H and O–H groups in total. The van der Waals surface area contributed by atoms with Crippen LogP contribution in [0, 0.1) is 0 Å². The molecule has 4 nitrogen and oxygen atoms in total. The summed E-state index contributed by atoms with van der Waals surface area (Å²) in [5, 5.41) is 2.83. The van der Waals surface area contributed by atoms with E-state index in [1.165, 1.54) is 11.6 Å². The monoisotopic (exact) mass is 295 g/mol. The Morgan fingerprint density at radius 2 is 1.91 bits per heavy atom. The zero-order valence-electron chi connectivity index (χ0n) is 12.3. The molecule has 0 saturated carbocycles. The second-order valence-corrected chi connectivity index (χ2v) is 4.99. The van der Waals surface area contributed by atoms with E-state index in [2.05, 4.69) is 12.2 Å². The normalized spacial score (nSPS) is 12.6. The van der Waals surface area contributed by atoms with Gasteiger partial charge in [0.2, 0.25) is 12.7 Å². The van der Waals surface area contributed by atoms with Gasteiger partial charge in [0.05, 0.1) is 0 Å². The zero-order chi connectivity index (χ0) is 15.4. The van der Waals surface area contributed by atoms with Gasteiger partial charge in [0.1, 0.15) is 0 Å². The summed E-state index contributed by atoms with van der Waals surface area (Å²) in [5.74, 6) is 1.28. The molecule has 0 radical (unpaired) electrons. The first kappa shape index (κ1) is 14.2. The number of nitrogens with one attached hydrogen (secondary N) is 1. The molecule has 3 rings (SSSR count). The number of hydrogen-bond donors (Lipinski definition) is 1. The number of ether oxygens (including phenoxy) is 2. The molecule has 0 fully saturated rings. The van der Waals surface area contributed by atoms with Crippen molar-refractivity contribution in [1.29, 1.82) is 0 Å². The van der Waals surface area contributed by atoms with Crippen molar-refractivity contribution in [3.8, 4) is 11.5 Å². The minimum atomic E-state index is -0.165. The van der Waals surface area contributed by atoms with Gasteiger partial charge in [0.15, 0.2) is 11.5 Å². The number of rotatable bonds is 4. The molecule has 0 aromatic heterocycles. The van der Waals surface area contributed by atoms with Gasteiger partial charge in [-0.25, -0.2) is 0 Å². The van der Waals surface area contributed by atoms with Crippen LogP contribution in [0.4, 0.5) is 5.69 Å². The second-order valence-electron chi connectivity index (χ2n) is 4.99. The van der Waals surface area contributed by atoms with Crippen LogP contribution in [0.15, 0.2) is 48.5 Å². The lowest BCUT2D eigenvalue weighted by Gasteiger charge is -2.03. The van der Waals surface area contributed by atoms with E-state index in [4.69, 9.17) is 9.47 Å². The molecular weight excluding hydrogens is 278 g/mol. The van der Waals surface area contributed by atoms with Crippen molar-refractivity contribution in [1.82, 2.24) is 0 Å². The van der Waals surface area contributed by atoms with Gasteiger partial charge >= 0.3 is 0 Å². The van der Waals surface area contributed by atoms with E-state index in [9.17, 15) is 4.79 Å². The fourth-order valence-electron chi connectivity index (χ4n) is 2.20. The van der Waals surface area contributed by atoms with Crippen molar-refractivity contribution >= 4 is 17.7 Å². The van der Waals surface area contributed by atoms with Gasteiger partial charge in [-0.3, -0.25) is 4.79 Å². The fraction of sp³-hybridized carbons (Fsp3) is 0.167. The highest BCUT2D eigenvalue weighted by molar-refractivity contribution is 6.01. The SMILES string of the molecule is CCc1ccc(NC(=O)/C=C/c2ccc3c(c2)OCO3)cc1. The van der Waals surface area contributed by atoms with Crippen molar-refractivity contribution in [2.45, 2.75) is 13.3 Å². The number of aryl methyl sites for hydroxylation is 1. The summed E-state index contributed by atoms with van der Waals surface area (Å²) in [6.45, 7) is 2.35. The van der Waals surface area contributed by atoms with Crippen molar-refractivity contribution < 1.29 is 14.3 Å². The van der Waals surface area contributed by atoms with Crippen molar-refractivity contribution in [2.75, 3.05) is 12.1 Å². The van der Waals surface area contributed by atoms with Crippen molar-refractivity contribution in [3.63, 3.8) is 0 Å². The number of carbonyl (C=O) groups excluding carboxylic acids is 1. The summed E-state index contributed by atoms with van der Waals surface area (Å²) >= 11 is 0. The molecule has 0 unspecified atom stereocenters. The van der Waals surface area contributed by atoms with Crippen LogP contribution in [-0.2, 0) is 11.2 Å². The van der Waals surface area contributed by atoms with Gasteiger partial charge in [-0.15, -0.1) is 0 Å². The van der Waals surface area contributed by atoms with Gasteiger partial charge in [0.25, 0.3) is 0 Å². The van der Waals surface area contributed by atoms with Gasteiger partial charge in [0, 0.05) is 11.8 Å². The third-order valence-corrected chi connectivity index (χ3v) is 3.45. The molecule has 1 aliphatic rings. The van der Waals surface area contributed by atoms with E-state index in [1.54, 1.807) is 6.08 Å². The van der Waals surface area contributed by atoms with Crippen LogP contribution in [0.3, 0.4) is 0 Å². The summed E-state index contributed by atoms with van der Waals surface area (Å²) < 4.78 is 10.6. The Morgan fingerprint density at radius 3 is 2.68 bits per heavy atom. The Hall–Kier alpha value is -2.75. The Kier molecular flexibility index (Phi) is 4.10. The largest absolute Gasteiger partial charge is 0.454 e. The minimum Gasteiger partial charge on any atom is -0.454 e. The van der Waals surface area contributed by atoms with Gasteiger partial charge < -0.3 is 14.8 Å². The molecule has 1 amide bonds. The number of amides is 1. The van der Waals surface area contributed by atoms with Crippen LogP contribution in [0.2, 0.25) is 0 Å². The maximum atomic E-state index is 11.9. The molecule has 112 valence electrons. The maximum absolute atomic E-state index is 11.9. The molecule has 2 aromatic rings. The summed E-state index contributed by atoms with van der Waals surface area (Å²) in [6, 6.07) is 13.4.